The standard InChI is InChI=1S/C15H19N5O/c1-10-6-4-5-7-12(10)9-20(3)15-17-11(2)8-13(18-15)14(16)19-21/h4-8,21H,9H2,1-3H3,(H2,16,19). The Morgan fingerprint density at radius 3 is 2.67 bits per heavy atom. The number of benzene rings is 1. The molecule has 0 amide bonds. The van der Waals surface area contributed by atoms with Crippen LogP contribution >= 0.6 is 0 Å². The molecule has 21 heavy (non-hydrogen) atoms. The van der Waals surface area contributed by atoms with Gasteiger partial charge in [-0.2, -0.15) is 0 Å². The molecule has 6 heteroatoms. The Labute approximate surface area is 123 Å². The second-order valence-electron chi connectivity index (χ2n) is 4.96. The molecule has 3 N–H and O–H groups in total. The lowest BCUT2D eigenvalue weighted by Gasteiger charge is -2.19. The first-order valence-electron chi connectivity index (χ1n) is 6.60. The molecule has 1 aromatic heterocycles. The minimum absolute atomic E-state index is 0.0222. The van der Waals surface area contributed by atoms with Crippen molar-refractivity contribution in [1.82, 2.24) is 9.97 Å². The van der Waals surface area contributed by atoms with Gasteiger partial charge in [-0.3, -0.25) is 0 Å². The van der Waals surface area contributed by atoms with Crippen molar-refractivity contribution in [2.45, 2.75) is 20.4 Å². The van der Waals surface area contributed by atoms with E-state index in [2.05, 4.69) is 34.2 Å². The van der Waals surface area contributed by atoms with Crippen LogP contribution < -0.4 is 10.6 Å². The molecular weight excluding hydrogens is 266 g/mol. The molecule has 0 saturated carbocycles. The molecule has 0 aliphatic carbocycles. The Kier molecular flexibility index (Phi) is 4.37. The number of amidine groups is 1. The first kappa shape index (κ1) is 14.8. The lowest BCUT2D eigenvalue weighted by atomic mass is 10.1. The van der Waals surface area contributed by atoms with Gasteiger partial charge in [0.1, 0.15) is 5.69 Å². The smallest absolute Gasteiger partial charge is 0.226 e. The third-order valence-electron chi connectivity index (χ3n) is 3.22. The van der Waals surface area contributed by atoms with E-state index in [1.807, 2.05) is 31.0 Å². The summed E-state index contributed by atoms with van der Waals surface area (Å²) in [6, 6.07) is 9.85. The van der Waals surface area contributed by atoms with Gasteiger partial charge in [-0.15, -0.1) is 0 Å². The zero-order valence-corrected chi connectivity index (χ0v) is 12.4. The summed E-state index contributed by atoms with van der Waals surface area (Å²) in [5, 5.41) is 11.8. The number of nitrogens with two attached hydrogens (primary N) is 1. The summed E-state index contributed by atoms with van der Waals surface area (Å²) < 4.78 is 0. The number of oxime groups is 1. The first-order valence-corrected chi connectivity index (χ1v) is 6.60. The van der Waals surface area contributed by atoms with Gasteiger partial charge in [0.25, 0.3) is 0 Å². The van der Waals surface area contributed by atoms with Crippen LogP contribution in [0.15, 0.2) is 35.5 Å². The van der Waals surface area contributed by atoms with Crippen molar-refractivity contribution in [2.75, 3.05) is 11.9 Å². The van der Waals surface area contributed by atoms with E-state index in [9.17, 15) is 0 Å². The molecule has 0 fully saturated rings. The third-order valence-corrected chi connectivity index (χ3v) is 3.22. The second kappa shape index (κ2) is 6.21. The van der Waals surface area contributed by atoms with E-state index in [1.165, 1.54) is 11.1 Å². The number of nitrogens with zero attached hydrogens (tertiary/aromatic N) is 4. The molecule has 0 spiro atoms. The maximum Gasteiger partial charge on any atom is 0.226 e. The monoisotopic (exact) mass is 285 g/mol. The van der Waals surface area contributed by atoms with E-state index in [4.69, 9.17) is 10.9 Å². The van der Waals surface area contributed by atoms with Crippen molar-refractivity contribution in [3.63, 3.8) is 0 Å². The van der Waals surface area contributed by atoms with Gasteiger partial charge in [0.2, 0.25) is 5.95 Å². The van der Waals surface area contributed by atoms with Gasteiger partial charge >= 0.3 is 0 Å². The van der Waals surface area contributed by atoms with Crippen LogP contribution in [-0.4, -0.2) is 28.1 Å². The van der Waals surface area contributed by atoms with Crippen LogP contribution in [0.5, 0.6) is 0 Å². The van der Waals surface area contributed by atoms with Crippen molar-refractivity contribution in [1.29, 1.82) is 0 Å². The first-order chi connectivity index (χ1) is 10.0. The fourth-order valence-corrected chi connectivity index (χ4v) is 2.02. The Morgan fingerprint density at radius 1 is 1.29 bits per heavy atom. The highest BCUT2D eigenvalue weighted by atomic mass is 16.4. The van der Waals surface area contributed by atoms with Gasteiger partial charge < -0.3 is 15.8 Å². The summed E-state index contributed by atoms with van der Waals surface area (Å²) in [6.45, 7) is 4.61. The number of anilines is 1. The van der Waals surface area contributed by atoms with Gasteiger partial charge in [0, 0.05) is 19.3 Å². The van der Waals surface area contributed by atoms with Gasteiger partial charge in [0.15, 0.2) is 5.84 Å². The normalized spacial score (nSPS) is 11.5. The average Bonchev–Trinajstić information content (AvgIpc) is 2.48. The number of aromatic nitrogens is 2. The lowest BCUT2D eigenvalue weighted by Crippen LogP contribution is -2.23. The largest absolute Gasteiger partial charge is 0.409 e. The quantitative estimate of drug-likeness (QED) is 0.387. The summed E-state index contributed by atoms with van der Waals surface area (Å²) in [7, 11) is 1.91. The molecule has 0 aliphatic rings. The summed E-state index contributed by atoms with van der Waals surface area (Å²) in [4.78, 5) is 10.7. The fourth-order valence-electron chi connectivity index (χ4n) is 2.02. The minimum Gasteiger partial charge on any atom is -0.409 e. The Hall–Kier alpha value is -2.63. The van der Waals surface area contributed by atoms with Crippen LogP contribution in [0.1, 0.15) is 22.5 Å². The van der Waals surface area contributed by atoms with Gasteiger partial charge in [0.05, 0.1) is 0 Å². The summed E-state index contributed by atoms with van der Waals surface area (Å²) in [5.74, 6) is 0.519. The zero-order valence-electron chi connectivity index (χ0n) is 12.4. The van der Waals surface area contributed by atoms with Crippen molar-refractivity contribution < 1.29 is 5.21 Å². The van der Waals surface area contributed by atoms with E-state index in [0.29, 0.717) is 18.2 Å². The van der Waals surface area contributed by atoms with Crippen molar-refractivity contribution in [3.05, 3.63) is 52.8 Å². The molecule has 0 bridgehead atoms. The van der Waals surface area contributed by atoms with Gasteiger partial charge in [-0.05, 0) is 31.0 Å². The Balaban J connectivity index is 2.29. The van der Waals surface area contributed by atoms with E-state index in [0.717, 1.165) is 5.69 Å². The van der Waals surface area contributed by atoms with Crippen LogP contribution in [0.25, 0.3) is 0 Å². The van der Waals surface area contributed by atoms with Crippen molar-refractivity contribution in [3.8, 4) is 0 Å². The highest BCUT2D eigenvalue weighted by Gasteiger charge is 2.11. The molecule has 6 nitrogen and oxygen atoms in total. The molecule has 0 unspecified atom stereocenters. The molecule has 0 atom stereocenters. The van der Waals surface area contributed by atoms with Crippen LogP contribution in [0, 0.1) is 13.8 Å². The van der Waals surface area contributed by atoms with Gasteiger partial charge in [-0.25, -0.2) is 9.97 Å². The predicted molar refractivity (Wildman–Crippen MR) is 82.6 cm³/mol. The fraction of sp³-hybridized carbons (Fsp3) is 0.267. The molecule has 110 valence electrons. The van der Waals surface area contributed by atoms with E-state index >= 15 is 0 Å². The summed E-state index contributed by atoms with van der Waals surface area (Å²) in [5.41, 5.74) is 9.20. The maximum absolute atomic E-state index is 8.77. The highest BCUT2D eigenvalue weighted by molar-refractivity contribution is 5.95. The third kappa shape index (κ3) is 3.47. The number of rotatable bonds is 4. The van der Waals surface area contributed by atoms with E-state index < -0.39 is 0 Å². The number of hydrogen-bond donors (Lipinski definition) is 2. The molecule has 2 rings (SSSR count). The van der Waals surface area contributed by atoms with E-state index in [1.54, 1.807) is 6.07 Å². The average molecular weight is 285 g/mol. The van der Waals surface area contributed by atoms with Crippen LogP contribution in [0.2, 0.25) is 0 Å². The Morgan fingerprint density at radius 2 is 2.00 bits per heavy atom. The van der Waals surface area contributed by atoms with E-state index in [-0.39, 0.29) is 5.84 Å². The van der Waals surface area contributed by atoms with Crippen molar-refractivity contribution >= 4 is 11.8 Å². The Bertz CT molecular complexity index is 669. The second-order valence-corrected chi connectivity index (χ2v) is 4.96. The number of hydrogen-bond acceptors (Lipinski definition) is 5. The van der Waals surface area contributed by atoms with Crippen molar-refractivity contribution in [2.24, 2.45) is 10.9 Å². The highest BCUT2D eigenvalue weighted by Crippen LogP contribution is 2.14. The molecule has 2 aromatic rings. The van der Waals surface area contributed by atoms with Gasteiger partial charge in [-0.1, -0.05) is 29.4 Å². The predicted octanol–water partition coefficient (Wildman–Crippen LogP) is 1.82. The molecular formula is C15H19N5O. The molecule has 0 radical (unpaired) electrons. The van der Waals surface area contributed by atoms with Crippen LogP contribution in [0.3, 0.4) is 0 Å². The number of aryl methyl sites for hydroxylation is 2. The molecule has 0 saturated heterocycles. The van der Waals surface area contributed by atoms with Crippen LogP contribution in [-0.2, 0) is 6.54 Å². The molecule has 1 aromatic carbocycles. The van der Waals surface area contributed by atoms with Crippen LogP contribution in [0.4, 0.5) is 5.95 Å². The minimum atomic E-state index is -0.0222. The summed E-state index contributed by atoms with van der Waals surface area (Å²) >= 11 is 0. The molecule has 0 aliphatic heterocycles. The zero-order chi connectivity index (χ0) is 15.4. The molecule has 1 heterocycles. The topological polar surface area (TPSA) is 87.6 Å². The SMILES string of the molecule is Cc1cc(/C(N)=N/O)nc(N(C)Cc2ccccc2C)n1. The summed E-state index contributed by atoms with van der Waals surface area (Å²) in [6.07, 6.45) is 0. The maximum atomic E-state index is 8.77. The lowest BCUT2D eigenvalue weighted by molar-refractivity contribution is 0.318.